The molecule has 2 saturated carbocycles. The monoisotopic (exact) mass is 950 g/mol. The van der Waals surface area contributed by atoms with Gasteiger partial charge in [-0.2, -0.15) is 10.0 Å². The summed E-state index contributed by atoms with van der Waals surface area (Å²) in [6.07, 6.45) is 5.37. The van der Waals surface area contributed by atoms with Crippen LogP contribution in [0.4, 0.5) is 0 Å². The molecule has 2 amide bonds. The number of carbonyl (C=O) groups is 4. The van der Waals surface area contributed by atoms with Crippen LogP contribution in [0.1, 0.15) is 58.3 Å². The number of hydrogen-bond donors (Lipinski definition) is 2. The van der Waals surface area contributed by atoms with Gasteiger partial charge < -0.3 is 29.5 Å². The van der Waals surface area contributed by atoms with Crippen molar-refractivity contribution in [1.29, 1.82) is 0 Å². The first kappa shape index (κ1) is 42.5. The lowest BCUT2D eigenvalue weighted by Crippen LogP contribution is -2.68. The first-order chi connectivity index (χ1) is 33.2. The van der Waals surface area contributed by atoms with Crippen LogP contribution < -0.4 is 9.47 Å². The molecular weight excluding hydrogens is 901 g/mol. The average Bonchev–Trinajstić information content (AvgIpc) is 4.29. The maximum absolute atomic E-state index is 13.6. The average molecular weight is 951 g/mol. The van der Waals surface area contributed by atoms with Crippen molar-refractivity contribution >= 4 is 46.9 Å². The van der Waals surface area contributed by atoms with Crippen LogP contribution in [0, 0.1) is 23.7 Å². The summed E-state index contributed by atoms with van der Waals surface area (Å²) in [6, 6.07) is 26.9. The van der Waals surface area contributed by atoms with Gasteiger partial charge in [-0.3, -0.25) is 29.2 Å². The minimum absolute atomic E-state index is 0.183. The van der Waals surface area contributed by atoms with Gasteiger partial charge in [-0.25, -0.2) is 0 Å². The van der Waals surface area contributed by atoms with Crippen LogP contribution >= 0.6 is 23.5 Å². The van der Waals surface area contributed by atoms with Crippen molar-refractivity contribution in [3.63, 3.8) is 0 Å². The third-order valence-corrected chi connectivity index (χ3v) is 17.8. The zero-order valence-electron chi connectivity index (χ0n) is 37.1. The summed E-state index contributed by atoms with van der Waals surface area (Å²) in [5.41, 5.74) is 6.89. The minimum Gasteiger partial charge on any atom is -0.493 e. The standard InChI is InChI=1S/2C26H25N3O4S/c2*30-19-8-9-28-24(25(19)31)26(32)27-11-16-10-17(16)12-33-20-6-3-4-15-13-34-21-7-2-1-5-18(21)23(22(15)20)29(28)14-27/h2*1-9,16-17,23-25,31H,10-14H2/t16-,17+,23+,24?,25?;16-,17+,23-,24?,25?/m01/s1. The van der Waals surface area contributed by atoms with Crippen LogP contribution in [0.3, 0.4) is 0 Å². The Hall–Kier alpha value is -5.62. The van der Waals surface area contributed by atoms with E-state index < -0.39 is 35.9 Å². The van der Waals surface area contributed by atoms with Gasteiger partial charge in [-0.1, -0.05) is 60.7 Å². The second-order valence-corrected chi connectivity index (χ2v) is 21.5. The van der Waals surface area contributed by atoms with Crippen molar-refractivity contribution in [3.8, 4) is 11.5 Å². The Bertz CT molecular complexity index is 2650. The van der Waals surface area contributed by atoms with Gasteiger partial charge in [0.05, 0.1) is 38.6 Å². The highest BCUT2D eigenvalue weighted by Gasteiger charge is 2.54. The lowest BCUT2D eigenvalue weighted by molar-refractivity contribution is -0.185. The maximum Gasteiger partial charge on any atom is 0.251 e. The van der Waals surface area contributed by atoms with Gasteiger partial charge in [0.25, 0.3) is 11.8 Å². The maximum atomic E-state index is 13.6. The normalized spacial score (nSPS) is 33.4. The van der Waals surface area contributed by atoms with Crippen LogP contribution in [-0.2, 0) is 30.7 Å². The molecule has 4 bridgehead atoms. The topological polar surface area (TPSA) is 147 Å². The number of rotatable bonds is 0. The van der Waals surface area contributed by atoms with E-state index in [1.165, 1.54) is 33.1 Å². The molecule has 8 heterocycles. The number of nitrogens with zero attached hydrogens (tertiary/aromatic N) is 6. The Kier molecular flexibility index (Phi) is 10.3. The van der Waals surface area contributed by atoms with Gasteiger partial charge in [0.2, 0.25) is 0 Å². The molecule has 6 unspecified atom stereocenters. The highest BCUT2D eigenvalue weighted by Crippen LogP contribution is 2.52. The molecular formula is C52H50N6O8S2. The molecule has 4 aromatic carbocycles. The highest BCUT2D eigenvalue weighted by atomic mass is 32.2. The fourth-order valence-corrected chi connectivity index (χ4v) is 13.8. The molecule has 12 atom stereocenters. The molecule has 68 heavy (non-hydrogen) atoms. The molecule has 8 aliphatic heterocycles. The fourth-order valence-electron chi connectivity index (χ4n) is 11.7. The number of aliphatic hydroxyl groups excluding tert-OH is 2. The van der Waals surface area contributed by atoms with Crippen molar-refractivity contribution in [2.45, 2.75) is 70.5 Å². The van der Waals surface area contributed by atoms with Gasteiger partial charge in [0, 0.05) is 70.1 Å². The van der Waals surface area contributed by atoms with E-state index in [1.54, 1.807) is 45.9 Å². The Labute approximate surface area is 402 Å². The third kappa shape index (κ3) is 7.00. The Morgan fingerprint density at radius 2 is 0.971 bits per heavy atom. The lowest BCUT2D eigenvalue weighted by Gasteiger charge is -2.52. The van der Waals surface area contributed by atoms with Crippen molar-refractivity contribution in [3.05, 3.63) is 143 Å². The van der Waals surface area contributed by atoms with E-state index in [0.29, 0.717) is 63.3 Å². The number of ether oxygens (including phenoxy) is 2. The number of thioether (sulfide) groups is 2. The van der Waals surface area contributed by atoms with Gasteiger partial charge >= 0.3 is 0 Å². The van der Waals surface area contributed by atoms with Crippen LogP contribution in [-0.4, -0.2) is 127 Å². The Morgan fingerprint density at radius 3 is 1.43 bits per heavy atom. The molecule has 0 aromatic heterocycles. The Balaban J connectivity index is 0.000000134. The van der Waals surface area contributed by atoms with E-state index >= 15 is 0 Å². The number of amides is 2. The lowest BCUT2D eigenvalue weighted by atomic mass is 9.92. The second kappa shape index (κ2) is 16.5. The van der Waals surface area contributed by atoms with Crippen molar-refractivity contribution < 1.29 is 38.9 Å². The van der Waals surface area contributed by atoms with Gasteiger partial charge in [0.1, 0.15) is 23.7 Å². The number of hydrazine groups is 2. The summed E-state index contributed by atoms with van der Waals surface area (Å²) in [6.45, 7) is 3.29. The zero-order chi connectivity index (χ0) is 45.9. The molecule has 0 radical (unpaired) electrons. The van der Waals surface area contributed by atoms with E-state index in [4.69, 9.17) is 9.47 Å². The summed E-state index contributed by atoms with van der Waals surface area (Å²) in [5, 5.41) is 29.6. The third-order valence-electron chi connectivity index (χ3n) is 15.5. The molecule has 10 aliphatic rings. The molecule has 4 fully saturated rings. The number of carbonyl (C=O) groups excluding carboxylic acids is 4. The molecule has 348 valence electrons. The van der Waals surface area contributed by atoms with Gasteiger partial charge in [-0.15, -0.1) is 23.5 Å². The molecule has 2 N–H and O–H groups in total. The molecule has 2 saturated heterocycles. The Morgan fingerprint density at radius 1 is 0.529 bits per heavy atom. The summed E-state index contributed by atoms with van der Waals surface area (Å²) in [7, 11) is 0. The fraction of sp³-hybridized carbons (Fsp3) is 0.385. The predicted octanol–water partition coefficient (Wildman–Crippen LogP) is 5.11. The van der Waals surface area contributed by atoms with Gasteiger partial charge in [0.15, 0.2) is 23.7 Å². The summed E-state index contributed by atoms with van der Waals surface area (Å²) >= 11 is 3.61. The minimum atomic E-state index is -1.38. The number of ketones is 2. The summed E-state index contributed by atoms with van der Waals surface area (Å²) in [4.78, 5) is 58.0. The molecule has 16 heteroatoms. The van der Waals surface area contributed by atoms with Gasteiger partial charge in [-0.05, 0) is 83.0 Å². The van der Waals surface area contributed by atoms with Crippen molar-refractivity contribution in [2.24, 2.45) is 23.7 Å². The zero-order valence-corrected chi connectivity index (χ0v) is 38.7. The van der Waals surface area contributed by atoms with Crippen LogP contribution in [0.2, 0.25) is 0 Å². The second-order valence-electron chi connectivity index (χ2n) is 19.5. The number of benzene rings is 4. The van der Waals surface area contributed by atoms with Crippen LogP contribution in [0.5, 0.6) is 11.5 Å². The molecule has 14 rings (SSSR count). The molecule has 14 nitrogen and oxygen atoms in total. The first-order valence-electron chi connectivity index (χ1n) is 23.6. The summed E-state index contributed by atoms with van der Waals surface area (Å²) < 4.78 is 12.9. The number of hydrogen-bond acceptors (Lipinski definition) is 14. The van der Waals surface area contributed by atoms with Crippen LogP contribution in [0.15, 0.2) is 119 Å². The molecule has 4 aromatic rings. The van der Waals surface area contributed by atoms with E-state index in [1.807, 2.05) is 21.9 Å². The van der Waals surface area contributed by atoms with E-state index in [0.717, 1.165) is 58.1 Å². The quantitative estimate of drug-likeness (QED) is 0.241. The van der Waals surface area contributed by atoms with E-state index in [-0.39, 0.29) is 23.9 Å². The first-order valence-corrected chi connectivity index (χ1v) is 25.6. The predicted molar refractivity (Wildman–Crippen MR) is 251 cm³/mol. The molecule has 2 aliphatic carbocycles. The highest BCUT2D eigenvalue weighted by molar-refractivity contribution is 7.98. The van der Waals surface area contributed by atoms with E-state index in [2.05, 4.69) is 82.8 Å². The van der Waals surface area contributed by atoms with Crippen molar-refractivity contribution in [1.82, 2.24) is 29.8 Å². The summed E-state index contributed by atoms with van der Waals surface area (Å²) in [5.74, 6) is 3.77. The number of aliphatic hydroxyl groups is 2. The smallest absolute Gasteiger partial charge is 0.251 e. The van der Waals surface area contributed by atoms with Crippen LogP contribution in [0.25, 0.3) is 0 Å². The largest absolute Gasteiger partial charge is 0.493 e. The SMILES string of the molecule is O=C1C=CN2C(C(=O)N3C[C@@H]4C[C@@H]4COc4cccc5c4[C@@H](c4ccccc4SC5)N2C3)C1O.O=C1C=CN2C(C(=O)N3C[C@H]4C[C@H]4COc4cccc5c4[C@@H](c4ccccc4SC5)N2C3)C1O. The van der Waals surface area contributed by atoms with E-state index in [9.17, 15) is 29.4 Å². The number of fused-ring (bicyclic) bond motifs is 16. The molecule has 0 spiro atoms. The van der Waals surface area contributed by atoms with Crippen molar-refractivity contribution in [2.75, 3.05) is 39.6 Å².